The van der Waals surface area contributed by atoms with E-state index in [-0.39, 0.29) is 11.2 Å². The molecule has 0 aromatic carbocycles. The third-order valence-corrected chi connectivity index (χ3v) is 2.71. The first-order chi connectivity index (χ1) is 7.00. The number of aryl methyl sites for hydroxylation is 1. The van der Waals surface area contributed by atoms with E-state index in [1.807, 2.05) is 0 Å². The van der Waals surface area contributed by atoms with Crippen molar-refractivity contribution in [3.05, 3.63) is 27.9 Å². The molecule has 2 rings (SSSR count). The summed E-state index contributed by atoms with van der Waals surface area (Å²) in [4.78, 5) is 14.2. The summed E-state index contributed by atoms with van der Waals surface area (Å²) in [6, 6.07) is 1.72. The SMILES string of the molecule is Cc1cc(NC2(C)CC2)ncc1[N+](=O)[O-]. The highest BCUT2D eigenvalue weighted by Crippen LogP contribution is 2.38. The summed E-state index contributed by atoms with van der Waals surface area (Å²) in [7, 11) is 0. The van der Waals surface area contributed by atoms with Crippen molar-refractivity contribution in [1.82, 2.24) is 4.98 Å². The molecule has 15 heavy (non-hydrogen) atoms. The molecule has 0 saturated heterocycles. The van der Waals surface area contributed by atoms with Crippen LogP contribution in [0.25, 0.3) is 0 Å². The molecule has 0 radical (unpaired) electrons. The lowest BCUT2D eigenvalue weighted by Crippen LogP contribution is -2.16. The number of rotatable bonds is 3. The van der Waals surface area contributed by atoms with E-state index in [1.54, 1.807) is 13.0 Å². The molecule has 5 heteroatoms. The predicted molar refractivity (Wildman–Crippen MR) is 56.9 cm³/mol. The van der Waals surface area contributed by atoms with E-state index in [0.29, 0.717) is 5.56 Å². The molecule has 1 aromatic rings. The molecule has 0 aliphatic heterocycles. The average Bonchev–Trinajstić information content (AvgIpc) is 2.82. The van der Waals surface area contributed by atoms with Gasteiger partial charge in [-0.1, -0.05) is 0 Å². The van der Waals surface area contributed by atoms with Gasteiger partial charge in [-0.15, -0.1) is 0 Å². The topological polar surface area (TPSA) is 68.1 Å². The molecule has 1 aromatic heterocycles. The summed E-state index contributed by atoms with van der Waals surface area (Å²) in [5, 5.41) is 13.8. The van der Waals surface area contributed by atoms with Crippen molar-refractivity contribution < 1.29 is 4.92 Å². The molecule has 1 N–H and O–H groups in total. The molecule has 0 spiro atoms. The minimum absolute atomic E-state index is 0.0708. The number of hydrogen-bond acceptors (Lipinski definition) is 4. The van der Waals surface area contributed by atoms with Gasteiger partial charge in [-0.05, 0) is 32.8 Å². The van der Waals surface area contributed by atoms with Crippen molar-refractivity contribution in [2.75, 3.05) is 5.32 Å². The van der Waals surface area contributed by atoms with Crippen LogP contribution >= 0.6 is 0 Å². The van der Waals surface area contributed by atoms with Crippen LogP contribution in [0.4, 0.5) is 11.5 Å². The number of nitro groups is 1. The molecule has 1 fully saturated rings. The molecule has 1 saturated carbocycles. The lowest BCUT2D eigenvalue weighted by Gasteiger charge is -2.12. The fraction of sp³-hybridized carbons (Fsp3) is 0.500. The Morgan fingerprint density at radius 2 is 2.27 bits per heavy atom. The van der Waals surface area contributed by atoms with Crippen LogP contribution in [0, 0.1) is 17.0 Å². The molecule has 0 bridgehead atoms. The van der Waals surface area contributed by atoms with Gasteiger partial charge < -0.3 is 5.32 Å². The average molecular weight is 207 g/mol. The van der Waals surface area contributed by atoms with E-state index in [9.17, 15) is 10.1 Å². The van der Waals surface area contributed by atoms with Crippen molar-refractivity contribution in [2.45, 2.75) is 32.2 Å². The minimum atomic E-state index is -0.412. The zero-order valence-corrected chi connectivity index (χ0v) is 8.78. The lowest BCUT2D eigenvalue weighted by molar-refractivity contribution is -0.385. The number of aromatic nitrogens is 1. The van der Waals surface area contributed by atoms with Crippen LogP contribution in [0.3, 0.4) is 0 Å². The van der Waals surface area contributed by atoms with E-state index < -0.39 is 4.92 Å². The Labute approximate surface area is 87.7 Å². The van der Waals surface area contributed by atoms with Crippen molar-refractivity contribution in [3.8, 4) is 0 Å². The second-order valence-electron chi connectivity index (χ2n) is 4.30. The van der Waals surface area contributed by atoms with Gasteiger partial charge in [-0.2, -0.15) is 0 Å². The van der Waals surface area contributed by atoms with Crippen molar-refractivity contribution in [3.63, 3.8) is 0 Å². The van der Waals surface area contributed by atoms with E-state index in [0.717, 1.165) is 18.7 Å². The Balaban J connectivity index is 2.21. The van der Waals surface area contributed by atoms with Gasteiger partial charge >= 0.3 is 0 Å². The first-order valence-corrected chi connectivity index (χ1v) is 4.89. The van der Waals surface area contributed by atoms with Gasteiger partial charge in [0.2, 0.25) is 0 Å². The van der Waals surface area contributed by atoms with Crippen LogP contribution in [-0.2, 0) is 0 Å². The fourth-order valence-corrected chi connectivity index (χ4v) is 1.43. The van der Waals surface area contributed by atoms with Gasteiger partial charge in [-0.25, -0.2) is 4.98 Å². The molecule has 0 amide bonds. The van der Waals surface area contributed by atoms with Crippen LogP contribution in [0.1, 0.15) is 25.3 Å². The van der Waals surface area contributed by atoms with Gasteiger partial charge in [-0.3, -0.25) is 10.1 Å². The molecule has 1 aliphatic carbocycles. The first kappa shape index (κ1) is 9.89. The van der Waals surface area contributed by atoms with Gasteiger partial charge in [0.1, 0.15) is 12.0 Å². The van der Waals surface area contributed by atoms with Crippen molar-refractivity contribution >= 4 is 11.5 Å². The van der Waals surface area contributed by atoms with Crippen LogP contribution in [-0.4, -0.2) is 15.4 Å². The highest BCUT2D eigenvalue weighted by atomic mass is 16.6. The number of nitrogens with one attached hydrogen (secondary N) is 1. The molecule has 0 atom stereocenters. The standard InChI is InChI=1S/C10H13N3O2/c1-7-5-9(12-10(2)3-4-10)11-6-8(7)13(14)15/h5-6H,3-4H2,1-2H3,(H,11,12). The predicted octanol–water partition coefficient (Wildman–Crippen LogP) is 2.26. The highest BCUT2D eigenvalue weighted by molar-refractivity contribution is 5.48. The van der Waals surface area contributed by atoms with Gasteiger partial charge in [0.15, 0.2) is 0 Å². The van der Waals surface area contributed by atoms with Gasteiger partial charge in [0, 0.05) is 11.1 Å². The van der Waals surface area contributed by atoms with E-state index in [2.05, 4.69) is 17.2 Å². The Bertz CT molecular complexity index is 413. The number of nitrogens with zero attached hydrogens (tertiary/aromatic N) is 2. The van der Waals surface area contributed by atoms with E-state index >= 15 is 0 Å². The third kappa shape index (κ3) is 2.06. The molecular weight excluding hydrogens is 194 g/mol. The van der Waals surface area contributed by atoms with Crippen LogP contribution in [0.15, 0.2) is 12.3 Å². The molecule has 5 nitrogen and oxygen atoms in total. The highest BCUT2D eigenvalue weighted by Gasteiger charge is 2.37. The Morgan fingerprint density at radius 3 is 2.73 bits per heavy atom. The molecule has 0 unspecified atom stereocenters. The normalized spacial score (nSPS) is 17.2. The number of hydrogen-bond donors (Lipinski definition) is 1. The summed E-state index contributed by atoms with van der Waals surface area (Å²) >= 11 is 0. The maximum atomic E-state index is 10.6. The maximum absolute atomic E-state index is 10.6. The quantitative estimate of drug-likeness (QED) is 0.609. The molecular formula is C10H13N3O2. The van der Waals surface area contributed by atoms with Crippen LogP contribution < -0.4 is 5.32 Å². The van der Waals surface area contributed by atoms with Crippen LogP contribution in [0.2, 0.25) is 0 Å². The second-order valence-corrected chi connectivity index (χ2v) is 4.30. The lowest BCUT2D eigenvalue weighted by atomic mass is 10.2. The second kappa shape index (κ2) is 3.18. The number of pyridine rings is 1. The van der Waals surface area contributed by atoms with Crippen molar-refractivity contribution in [1.29, 1.82) is 0 Å². The van der Waals surface area contributed by atoms with Crippen molar-refractivity contribution in [2.24, 2.45) is 0 Å². The molecule has 80 valence electrons. The fourth-order valence-electron chi connectivity index (χ4n) is 1.43. The first-order valence-electron chi connectivity index (χ1n) is 4.89. The Hall–Kier alpha value is -1.65. The zero-order chi connectivity index (χ0) is 11.1. The largest absolute Gasteiger partial charge is 0.365 e. The Morgan fingerprint density at radius 1 is 1.60 bits per heavy atom. The van der Waals surface area contributed by atoms with Gasteiger partial charge in [0.25, 0.3) is 5.69 Å². The van der Waals surface area contributed by atoms with E-state index in [1.165, 1.54) is 6.20 Å². The summed E-state index contributed by atoms with van der Waals surface area (Å²) in [5.74, 6) is 0.720. The molecule has 1 heterocycles. The number of anilines is 1. The smallest absolute Gasteiger partial charge is 0.290 e. The summed E-state index contributed by atoms with van der Waals surface area (Å²) < 4.78 is 0. The van der Waals surface area contributed by atoms with E-state index in [4.69, 9.17) is 0 Å². The summed E-state index contributed by atoms with van der Waals surface area (Å²) in [6.07, 6.45) is 3.57. The van der Waals surface area contributed by atoms with Crippen LogP contribution in [0.5, 0.6) is 0 Å². The third-order valence-electron chi connectivity index (χ3n) is 2.71. The summed E-state index contributed by atoms with van der Waals surface area (Å²) in [5.41, 5.74) is 0.860. The zero-order valence-electron chi connectivity index (χ0n) is 8.78. The summed E-state index contributed by atoms with van der Waals surface area (Å²) in [6.45, 7) is 3.84. The monoisotopic (exact) mass is 207 g/mol. The minimum Gasteiger partial charge on any atom is -0.365 e. The maximum Gasteiger partial charge on any atom is 0.290 e. The Kier molecular flexibility index (Phi) is 2.10. The van der Waals surface area contributed by atoms with Gasteiger partial charge in [0.05, 0.1) is 4.92 Å². The molecule has 1 aliphatic rings.